The molecule has 0 bridgehead atoms. The molecule has 3 N–H and O–H groups in total. The maximum atomic E-state index is 10.6. The van der Waals surface area contributed by atoms with E-state index >= 15 is 0 Å². The Morgan fingerprint density at radius 3 is 2.54 bits per heavy atom. The van der Waals surface area contributed by atoms with Gasteiger partial charge in [0.1, 0.15) is 6.04 Å². The molecule has 0 amide bonds. The van der Waals surface area contributed by atoms with Gasteiger partial charge in [0, 0.05) is 0 Å². The zero-order valence-corrected chi connectivity index (χ0v) is 8.42. The Morgan fingerprint density at radius 2 is 2.15 bits per heavy atom. The third kappa shape index (κ3) is 2.99. The summed E-state index contributed by atoms with van der Waals surface area (Å²) in [5.41, 5.74) is 6.02. The van der Waals surface area contributed by atoms with E-state index < -0.39 is 12.0 Å². The second-order valence-corrected chi connectivity index (χ2v) is 4.69. The Labute approximate surface area is 79.3 Å². The van der Waals surface area contributed by atoms with Gasteiger partial charge in [-0.2, -0.15) is 0 Å². The molecule has 3 heteroatoms. The van der Waals surface area contributed by atoms with E-state index in [1.54, 1.807) is 0 Å². The van der Waals surface area contributed by atoms with Crippen LogP contribution in [0.4, 0.5) is 0 Å². The number of hydrogen-bond acceptors (Lipinski definition) is 2. The van der Waals surface area contributed by atoms with Gasteiger partial charge in [-0.15, -0.1) is 0 Å². The first kappa shape index (κ1) is 10.5. The summed E-state index contributed by atoms with van der Waals surface area (Å²) in [5, 5.41) is 8.67. The van der Waals surface area contributed by atoms with Gasteiger partial charge in [0.2, 0.25) is 0 Å². The van der Waals surface area contributed by atoms with Crippen LogP contribution in [0.1, 0.15) is 39.5 Å². The minimum Gasteiger partial charge on any atom is -0.480 e. The van der Waals surface area contributed by atoms with Crippen LogP contribution < -0.4 is 5.73 Å². The Morgan fingerprint density at radius 1 is 1.62 bits per heavy atom. The fourth-order valence-electron chi connectivity index (χ4n) is 1.46. The van der Waals surface area contributed by atoms with Crippen LogP contribution in [0.5, 0.6) is 0 Å². The monoisotopic (exact) mass is 185 g/mol. The van der Waals surface area contributed by atoms with Gasteiger partial charge in [-0.1, -0.05) is 13.8 Å². The van der Waals surface area contributed by atoms with Crippen LogP contribution in [0, 0.1) is 11.3 Å². The SMILES string of the molecule is CC(CCC1(C)CC1)C(N)C(=O)O. The van der Waals surface area contributed by atoms with Crippen LogP contribution in [0.2, 0.25) is 0 Å². The number of nitrogens with two attached hydrogens (primary N) is 1. The maximum absolute atomic E-state index is 10.6. The Bertz CT molecular complexity index is 199. The van der Waals surface area contributed by atoms with Crippen LogP contribution in [-0.4, -0.2) is 17.1 Å². The summed E-state index contributed by atoms with van der Waals surface area (Å²) in [6, 6.07) is -0.692. The van der Waals surface area contributed by atoms with Gasteiger partial charge < -0.3 is 10.8 Å². The molecule has 13 heavy (non-hydrogen) atoms. The Balaban J connectivity index is 2.24. The van der Waals surface area contributed by atoms with Crippen LogP contribution in [-0.2, 0) is 4.79 Å². The molecule has 0 radical (unpaired) electrons. The molecule has 1 rings (SSSR count). The van der Waals surface area contributed by atoms with E-state index in [1.165, 1.54) is 12.8 Å². The highest BCUT2D eigenvalue weighted by Gasteiger charge is 2.37. The summed E-state index contributed by atoms with van der Waals surface area (Å²) in [6.07, 6.45) is 4.64. The first-order valence-corrected chi connectivity index (χ1v) is 4.93. The van der Waals surface area contributed by atoms with Crippen molar-refractivity contribution in [1.29, 1.82) is 0 Å². The summed E-state index contributed by atoms with van der Waals surface area (Å²) < 4.78 is 0. The molecule has 76 valence electrons. The van der Waals surface area contributed by atoms with Crippen molar-refractivity contribution < 1.29 is 9.90 Å². The van der Waals surface area contributed by atoms with E-state index in [2.05, 4.69) is 6.92 Å². The smallest absolute Gasteiger partial charge is 0.320 e. The molecule has 1 saturated carbocycles. The highest BCUT2D eigenvalue weighted by Crippen LogP contribution is 2.49. The van der Waals surface area contributed by atoms with E-state index in [1.807, 2.05) is 6.92 Å². The second kappa shape index (κ2) is 3.66. The number of aliphatic carboxylic acids is 1. The lowest BCUT2D eigenvalue weighted by atomic mass is 9.91. The summed E-state index contributed by atoms with van der Waals surface area (Å²) in [6.45, 7) is 4.18. The third-order valence-electron chi connectivity index (χ3n) is 3.20. The molecule has 0 heterocycles. The lowest BCUT2D eigenvalue weighted by Crippen LogP contribution is -2.36. The number of hydrogen-bond donors (Lipinski definition) is 2. The lowest BCUT2D eigenvalue weighted by Gasteiger charge is -2.17. The molecule has 1 fully saturated rings. The van der Waals surface area contributed by atoms with E-state index in [4.69, 9.17) is 10.8 Å². The molecule has 0 aromatic carbocycles. The predicted molar refractivity (Wildman–Crippen MR) is 51.4 cm³/mol. The van der Waals surface area contributed by atoms with Crippen LogP contribution in [0.3, 0.4) is 0 Å². The summed E-state index contributed by atoms with van der Waals surface area (Å²) in [5.74, 6) is -0.789. The van der Waals surface area contributed by atoms with Crippen LogP contribution in [0.15, 0.2) is 0 Å². The van der Waals surface area contributed by atoms with E-state index in [9.17, 15) is 4.79 Å². The highest BCUT2D eigenvalue weighted by molar-refractivity contribution is 5.73. The molecule has 3 nitrogen and oxygen atoms in total. The van der Waals surface area contributed by atoms with Crippen molar-refractivity contribution in [2.24, 2.45) is 17.1 Å². The van der Waals surface area contributed by atoms with Crippen molar-refractivity contribution in [3.05, 3.63) is 0 Å². The van der Waals surface area contributed by atoms with Crippen LogP contribution in [0.25, 0.3) is 0 Å². The topological polar surface area (TPSA) is 63.3 Å². The van der Waals surface area contributed by atoms with Gasteiger partial charge in [-0.25, -0.2) is 0 Å². The average Bonchev–Trinajstić information content (AvgIpc) is 2.79. The number of carbonyl (C=O) groups is 1. The summed E-state index contributed by atoms with van der Waals surface area (Å²) in [4.78, 5) is 10.6. The van der Waals surface area contributed by atoms with Crippen molar-refractivity contribution in [2.75, 3.05) is 0 Å². The van der Waals surface area contributed by atoms with E-state index in [0.717, 1.165) is 12.8 Å². The molecule has 2 atom stereocenters. The zero-order chi connectivity index (χ0) is 10.1. The van der Waals surface area contributed by atoms with E-state index in [-0.39, 0.29) is 5.92 Å². The average molecular weight is 185 g/mol. The Hall–Kier alpha value is -0.570. The number of rotatable bonds is 5. The molecule has 0 aliphatic heterocycles. The van der Waals surface area contributed by atoms with Gasteiger partial charge >= 0.3 is 5.97 Å². The molecule has 1 aliphatic rings. The van der Waals surface area contributed by atoms with Gasteiger partial charge in [0.05, 0.1) is 0 Å². The number of carboxylic acid groups (broad SMARTS) is 1. The molecular formula is C10H19NO2. The minimum absolute atomic E-state index is 0.0925. The fraction of sp³-hybridized carbons (Fsp3) is 0.900. The molecule has 0 spiro atoms. The zero-order valence-electron chi connectivity index (χ0n) is 8.42. The van der Waals surface area contributed by atoms with Gasteiger partial charge in [-0.05, 0) is 37.0 Å². The second-order valence-electron chi connectivity index (χ2n) is 4.69. The first-order valence-electron chi connectivity index (χ1n) is 4.93. The maximum Gasteiger partial charge on any atom is 0.320 e. The highest BCUT2D eigenvalue weighted by atomic mass is 16.4. The number of carboxylic acids is 1. The summed E-state index contributed by atoms with van der Waals surface area (Å²) >= 11 is 0. The van der Waals surface area contributed by atoms with Gasteiger partial charge in [0.25, 0.3) is 0 Å². The molecule has 0 aromatic rings. The predicted octanol–water partition coefficient (Wildman–Crippen LogP) is 1.61. The molecule has 0 aromatic heterocycles. The van der Waals surface area contributed by atoms with Crippen molar-refractivity contribution >= 4 is 5.97 Å². The lowest BCUT2D eigenvalue weighted by molar-refractivity contribution is -0.139. The Kier molecular flexibility index (Phi) is 2.96. The molecule has 0 saturated heterocycles. The molecular weight excluding hydrogens is 166 g/mol. The van der Waals surface area contributed by atoms with Gasteiger partial charge in [0.15, 0.2) is 0 Å². The largest absolute Gasteiger partial charge is 0.480 e. The minimum atomic E-state index is -0.881. The van der Waals surface area contributed by atoms with Crippen molar-refractivity contribution in [1.82, 2.24) is 0 Å². The van der Waals surface area contributed by atoms with Crippen molar-refractivity contribution in [3.8, 4) is 0 Å². The first-order chi connectivity index (χ1) is 5.94. The van der Waals surface area contributed by atoms with E-state index in [0.29, 0.717) is 5.41 Å². The molecule has 1 aliphatic carbocycles. The van der Waals surface area contributed by atoms with Crippen LogP contribution >= 0.6 is 0 Å². The molecule has 2 unspecified atom stereocenters. The standard InChI is InChI=1S/C10H19NO2/c1-7(8(11)9(12)13)3-4-10(2)5-6-10/h7-8H,3-6,11H2,1-2H3,(H,12,13). The normalized spacial score (nSPS) is 23.6. The van der Waals surface area contributed by atoms with Crippen molar-refractivity contribution in [2.45, 2.75) is 45.6 Å². The fourth-order valence-corrected chi connectivity index (χ4v) is 1.46. The van der Waals surface area contributed by atoms with Gasteiger partial charge in [-0.3, -0.25) is 4.79 Å². The summed E-state index contributed by atoms with van der Waals surface area (Å²) in [7, 11) is 0. The quantitative estimate of drug-likeness (QED) is 0.684. The third-order valence-corrected chi connectivity index (χ3v) is 3.20. The van der Waals surface area contributed by atoms with Crippen molar-refractivity contribution in [3.63, 3.8) is 0 Å².